The molecular weight excluding hydrogens is 260 g/mol. The first-order valence-electron chi connectivity index (χ1n) is 7.36. The van der Waals surface area contributed by atoms with E-state index in [4.69, 9.17) is 0 Å². The van der Waals surface area contributed by atoms with E-state index in [1.165, 1.54) is 22.5 Å². The molecule has 0 fully saturated rings. The van der Waals surface area contributed by atoms with Gasteiger partial charge in [0.25, 0.3) is 0 Å². The first-order valence-corrected chi connectivity index (χ1v) is 7.36. The average molecular weight is 286 g/mol. The van der Waals surface area contributed by atoms with Gasteiger partial charge in [0.2, 0.25) is 0 Å². The fraction of sp³-hybridized carbons (Fsp3) is 0.471. The Labute approximate surface area is 127 Å². The number of anilines is 2. The maximum Gasteiger partial charge on any atom is 0.0649 e. The summed E-state index contributed by atoms with van der Waals surface area (Å²) in [5, 5.41) is 8.10. The summed E-state index contributed by atoms with van der Waals surface area (Å²) in [5.74, 6) is 0. The molecule has 1 N–H and O–H groups in total. The minimum Gasteiger partial charge on any atom is -0.378 e. The van der Waals surface area contributed by atoms with E-state index in [1.807, 2.05) is 11.7 Å². The number of nitrogens with zero attached hydrogens (tertiary/aromatic N) is 3. The van der Waals surface area contributed by atoms with Crippen LogP contribution in [0.2, 0.25) is 0 Å². The number of rotatable bonds is 4. The highest BCUT2D eigenvalue weighted by Gasteiger charge is 2.16. The van der Waals surface area contributed by atoms with Gasteiger partial charge in [-0.3, -0.25) is 4.68 Å². The first kappa shape index (κ1) is 15.4. The van der Waals surface area contributed by atoms with Crippen LogP contribution in [0.3, 0.4) is 0 Å². The average Bonchev–Trinajstić information content (AvgIpc) is 2.65. The molecule has 0 aliphatic rings. The zero-order valence-electron chi connectivity index (χ0n) is 14.2. The van der Waals surface area contributed by atoms with E-state index < -0.39 is 0 Å². The van der Waals surface area contributed by atoms with Crippen LogP contribution >= 0.6 is 0 Å². The molecule has 0 aliphatic carbocycles. The molecule has 1 aromatic carbocycles. The van der Waals surface area contributed by atoms with Gasteiger partial charge in [-0.05, 0) is 45.4 Å². The lowest BCUT2D eigenvalue weighted by atomic mass is 10.1. The summed E-state index contributed by atoms with van der Waals surface area (Å²) in [6.07, 6.45) is 0. The number of hydrogen-bond donors (Lipinski definition) is 1. The molecule has 1 atom stereocenters. The summed E-state index contributed by atoms with van der Waals surface area (Å²) >= 11 is 0. The van der Waals surface area contributed by atoms with Gasteiger partial charge in [0.15, 0.2) is 0 Å². The van der Waals surface area contributed by atoms with Crippen LogP contribution in [0.25, 0.3) is 0 Å². The second-order valence-electron chi connectivity index (χ2n) is 5.97. The Kier molecular flexibility index (Phi) is 4.26. The van der Waals surface area contributed by atoms with Crippen molar-refractivity contribution in [1.29, 1.82) is 0 Å². The van der Waals surface area contributed by atoms with Crippen LogP contribution in [0.15, 0.2) is 18.2 Å². The smallest absolute Gasteiger partial charge is 0.0649 e. The Bertz CT molecular complexity index is 640. The molecule has 2 rings (SSSR count). The molecule has 0 spiro atoms. The lowest BCUT2D eigenvalue weighted by Gasteiger charge is -2.20. The topological polar surface area (TPSA) is 33.1 Å². The molecule has 4 nitrogen and oxygen atoms in total. The number of nitrogens with one attached hydrogen (secondary N) is 1. The van der Waals surface area contributed by atoms with Crippen molar-refractivity contribution in [3.05, 3.63) is 40.7 Å². The van der Waals surface area contributed by atoms with Crippen molar-refractivity contribution in [1.82, 2.24) is 9.78 Å². The normalized spacial score (nSPS) is 12.3. The summed E-state index contributed by atoms with van der Waals surface area (Å²) in [6, 6.07) is 6.73. The van der Waals surface area contributed by atoms with Crippen LogP contribution in [0.4, 0.5) is 11.4 Å². The van der Waals surface area contributed by atoms with Gasteiger partial charge in [-0.25, -0.2) is 0 Å². The molecule has 2 aromatic rings. The fourth-order valence-corrected chi connectivity index (χ4v) is 2.92. The van der Waals surface area contributed by atoms with Gasteiger partial charge in [-0.1, -0.05) is 6.07 Å². The lowest BCUT2D eigenvalue weighted by molar-refractivity contribution is 0.728. The Balaban J connectivity index is 2.27. The van der Waals surface area contributed by atoms with Gasteiger partial charge in [0.05, 0.1) is 11.7 Å². The van der Waals surface area contributed by atoms with Gasteiger partial charge in [-0.15, -0.1) is 0 Å². The summed E-state index contributed by atoms with van der Waals surface area (Å²) in [7, 11) is 6.14. The highest BCUT2D eigenvalue weighted by molar-refractivity contribution is 5.62. The van der Waals surface area contributed by atoms with E-state index in [1.54, 1.807) is 0 Å². The van der Waals surface area contributed by atoms with E-state index in [-0.39, 0.29) is 6.04 Å². The van der Waals surface area contributed by atoms with Crippen molar-refractivity contribution < 1.29 is 0 Å². The summed E-state index contributed by atoms with van der Waals surface area (Å²) < 4.78 is 1.95. The lowest BCUT2D eigenvalue weighted by Crippen LogP contribution is -2.12. The van der Waals surface area contributed by atoms with E-state index >= 15 is 0 Å². The van der Waals surface area contributed by atoms with Crippen molar-refractivity contribution in [2.45, 2.75) is 33.7 Å². The molecule has 0 bridgehead atoms. The second-order valence-corrected chi connectivity index (χ2v) is 5.97. The van der Waals surface area contributed by atoms with Crippen LogP contribution in [-0.2, 0) is 7.05 Å². The SMILES string of the molecule is Cc1ccc(NC(C)c2c(C)nn(C)c2C)cc1N(C)C. The van der Waals surface area contributed by atoms with E-state index in [0.717, 1.165) is 11.4 Å². The zero-order chi connectivity index (χ0) is 15.7. The molecule has 0 radical (unpaired) electrons. The standard InChI is InChI=1S/C17H26N4/c1-11-8-9-15(10-16(11)20(5)6)18-12(2)17-13(3)19-21(7)14(17)4/h8-10,12,18H,1-7H3. The summed E-state index contributed by atoms with van der Waals surface area (Å²) in [4.78, 5) is 2.14. The minimum absolute atomic E-state index is 0.233. The highest BCUT2D eigenvalue weighted by Crippen LogP contribution is 2.28. The predicted octanol–water partition coefficient (Wildman–Crippen LogP) is 3.58. The number of benzene rings is 1. The predicted molar refractivity (Wildman–Crippen MR) is 90.2 cm³/mol. The molecule has 114 valence electrons. The first-order chi connectivity index (χ1) is 9.81. The molecule has 4 heteroatoms. The molecule has 21 heavy (non-hydrogen) atoms. The summed E-state index contributed by atoms with van der Waals surface area (Å²) in [6.45, 7) is 8.51. The van der Waals surface area contributed by atoms with E-state index in [0.29, 0.717) is 0 Å². The van der Waals surface area contributed by atoms with Crippen LogP contribution < -0.4 is 10.2 Å². The Morgan fingerprint density at radius 1 is 1.19 bits per heavy atom. The van der Waals surface area contributed by atoms with Crippen molar-refractivity contribution in [2.75, 3.05) is 24.3 Å². The molecule has 0 saturated heterocycles. The Morgan fingerprint density at radius 3 is 2.38 bits per heavy atom. The third-order valence-corrected chi connectivity index (χ3v) is 4.07. The van der Waals surface area contributed by atoms with Crippen LogP contribution in [0.5, 0.6) is 0 Å². The zero-order valence-corrected chi connectivity index (χ0v) is 14.2. The third kappa shape index (κ3) is 3.04. The van der Waals surface area contributed by atoms with Gasteiger partial charge < -0.3 is 10.2 Å². The van der Waals surface area contributed by atoms with Crippen molar-refractivity contribution in [3.8, 4) is 0 Å². The van der Waals surface area contributed by atoms with Crippen LogP contribution in [0, 0.1) is 20.8 Å². The molecule has 1 heterocycles. The van der Waals surface area contributed by atoms with E-state index in [2.05, 4.69) is 75.3 Å². The second kappa shape index (κ2) is 5.80. The van der Waals surface area contributed by atoms with Gasteiger partial charge in [0.1, 0.15) is 0 Å². The molecule has 1 aromatic heterocycles. The van der Waals surface area contributed by atoms with Gasteiger partial charge in [0, 0.05) is 43.8 Å². The molecule has 0 saturated carbocycles. The monoisotopic (exact) mass is 286 g/mol. The quantitative estimate of drug-likeness (QED) is 0.932. The fourth-order valence-electron chi connectivity index (χ4n) is 2.92. The van der Waals surface area contributed by atoms with Gasteiger partial charge >= 0.3 is 0 Å². The number of aromatic nitrogens is 2. The van der Waals surface area contributed by atoms with Crippen molar-refractivity contribution in [3.63, 3.8) is 0 Å². The Hall–Kier alpha value is -1.97. The summed E-state index contributed by atoms with van der Waals surface area (Å²) in [5.41, 5.74) is 7.25. The maximum absolute atomic E-state index is 4.50. The minimum atomic E-state index is 0.233. The molecule has 1 unspecified atom stereocenters. The van der Waals surface area contributed by atoms with Crippen molar-refractivity contribution >= 4 is 11.4 Å². The number of aryl methyl sites for hydroxylation is 3. The van der Waals surface area contributed by atoms with E-state index in [9.17, 15) is 0 Å². The molecule has 0 aliphatic heterocycles. The molecular formula is C17H26N4. The maximum atomic E-state index is 4.50. The van der Waals surface area contributed by atoms with Crippen LogP contribution in [0.1, 0.15) is 35.5 Å². The van der Waals surface area contributed by atoms with Crippen molar-refractivity contribution in [2.24, 2.45) is 7.05 Å². The largest absolute Gasteiger partial charge is 0.378 e. The number of hydrogen-bond acceptors (Lipinski definition) is 3. The third-order valence-electron chi connectivity index (χ3n) is 4.07. The molecule has 0 amide bonds. The van der Waals surface area contributed by atoms with Crippen LogP contribution in [-0.4, -0.2) is 23.9 Å². The Morgan fingerprint density at radius 2 is 1.86 bits per heavy atom. The highest BCUT2D eigenvalue weighted by atomic mass is 15.3. The van der Waals surface area contributed by atoms with Gasteiger partial charge in [-0.2, -0.15) is 5.10 Å².